The molecule has 1 amide bonds. The lowest BCUT2D eigenvalue weighted by atomic mass is 10.1. The lowest BCUT2D eigenvalue weighted by molar-refractivity contribution is 0.101. The second-order valence-electron chi connectivity index (χ2n) is 6.09. The number of carbonyl (C=O) groups excluding carboxylic acids is 2. The first kappa shape index (κ1) is 18.6. The van der Waals surface area contributed by atoms with E-state index in [9.17, 15) is 9.59 Å². The summed E-state index contributed by atoms with van der Waals surface area (Å²) in [4.78, 5) is 28.2. The number of nitrogens with one attached hydrogen (secondary N) is 2. The third kappa shape index (κ3) is 4.51. The topological polar surface area (TPSA) is 71.1 Å². The zero-order chi connectivity index (χ0) is 19.4. The van der Waals surface area contributed by atoms with E-state index in [0.717, 1.165) is 11.3 Å². The first-order chi connectivity index (χ1) is 12.9. The molecule has 2 aromatic carbocycles. The molecule has 0 unspecified atom stereocenters. The Morgan fingerprint density at radius 1 is 0.963 bits per heavy atom. The first-order valence-corrected chi connectivity index (χ1v) is 8.71. The average molecular weight is 380 g/mol. The van der Waals surface area contributed by atoms with Crippen LogP contribution in [-0.4, -0.2) is 16.7 Å². The molecule has 2 N–H and O–H groups in total. The Hall–Kier alpha value is -3.18. The van der Waals surface area contributed by atoms with Crippen LogP contribution in [-0.2, 0) is 0 Å². The van der Waals surface area contributed by atoms with Crippen molar-refractivity contribution in [3.05, 3.63) is 82.6 Å². The number of hydrogen-bond acceptors (Lipinski definition) is 4. The van der Waals surface area contributed by atoms with Gasteiger partial charge in [-0.25, -0.2) is 0 Å². The van der Waals surface area contributed by atoms with Gasteiger partial charge in [0.1, 0.15) is 0 Å². The van der Waals surface area contributed by atoms with Crippen LogP contribution in [0.4, 0.5) is 17.1 Å². The maximum absolute atomic E-state index is 12.6. The number of benzene rings is 2. The number of ketones is 1. The van der Waals surface area contributed by atoms with Crippen LogP contribution in [0.3, 0.4) is 0 Å². The Morgan fingerprint density at radius 3 is 2.48 bits per heavy atom. The van der Waals surface area contributed by atoms with Crippen LogP contribution in [0.15, 0.2) is 60.9 Å². The lowest BCUT2D eigenvalue weighted by Crippen LogP contribution is -2.13. The van der Waals surface area contributed by atoms with Crippen molar-refractivity contribution in [2.45, 2.75) is 13.8 Å². The summed E-state index contributed by atoms with van der Waals surface area (Å²) in [5, 5.41) is 6.60. The summed E-state index contributed by atoms with van der Waals surface area (Å²) in [7, 11) is 0. The minimum absolute atomic E-state index is 0.0122. The standard InChI is InChI=1S/C21H18ClN3O2/c1-13-19(22)7-4-8-20(13)25-21(27)16-10-18(12-23-11-16)24-17-6-3-5-15(9-17)14(2)26/h3-12,24H,1-2H3,(H,25,27). The molecule has 1 heterocycles. The minimum atomic E-state index is -0.283. The van der Waals surface area contributed by atoms with Crippen molar-refractivity contribution in [1.29, 1.82) is 0 Å². The molecule has 0 aliphatic carbocycles. The largest absolute Gasteiger partial charge is 0.354 e. The molecule has 27 heavy (non-hydrogen) atoms. The summed E-state index contributed by atoms with van der Waals surface area (Å²) in [6.45, 7) is 3.36. The molecule has 0 bridgehead atoms. The molecule has 5 nitrogen and oxygen atoms in total. The molecular formula is C21H18ClN3O2. The second-order valence-corrected chi connectivity index (χ2v) is 6.50. The van der Waals surface area contributed by atoms with Crippen LogP contribution in [0, 0.1) is 6.92 Å². The van der Waals surface area contributed by atoms with Gasteiger partial charge in [0.05, 0.1) is 17.4 Å². The molecule has 0 atom stereocenters. The normalized spacial score (nSPS) is 10.3. The van der Waals surface area contributed by atoms with E-state index in [1.165, 1.54) is 13.1 Å². The maximum atomic E-state index is 12.6. The van der Waals surface area contributed by atoms with Gasteiger partial charge in [0.2, 0.25) is 0 Å². The quantitative estimate of drug-likeness (QED) is 0.594. The van der Waals surface area contributed by atoms with Crippen molar-refractivity contribution < 1.29 is 9.59 Å². The second kappa shape index (κ2) is 8.01. The van der Waals surface area contributed by atoms with Gasteiger partial charge in [-0.15, -0.1) is 0 Å². The van der Waals surface area contributed by atoms with Crippen LogP contribution in [0.25, 0.3) is 0 Å². The summed E-state index contributed by atoms with van der Waals surface area (Å²) in [5.74, 6) is -0.296. The first-order valence-electron chi connectivity index (χ1n) is 8.33. The van der Waals surface area contributed by atoms with Crippen molar-refractivity contribution in [3.8, 4) is 0 Å². The van der Waals surface area contributed by atoms with Gasteiger partial charge in [0.15, 0.2) is 5.78 Å². The van der Waals surface area contributed by atoms with E-state index in [1.54, 1.807) is 48.7 Å². The highest BCUT2D eigenvalue weighted by Gasteiger charge is 2.10. The highest BCUT2D eigenvalue weighted by molar-refractivity contribution is 6.31. The van der Waals surface area contributed by atoms with E-state index >= 15 is 0 Å². The molecule has 0 aliphatic heterocycles. The fourth-order valence-electron chi connectivity index (χ4n) is 2.55. The molecule has 0 fully saturated rings. The monoisotopic (exact) mass is 379 g/mol. The number of pyridine rings is 1. The number of nitrogens with zero attached hydrogens (tertiary/aromatic N) is 1. The highest BCUT2D eigenvalue weighted by atomic mass is 35.5. The van der Waals surface area contributed by atoms with Gasteiger partial charge in [-0.05, 0) is 49.7 Å². The van der Waals surface area contributed by atoms with Crippen molar-refractivity contribution in [1.82, 2.24) is 4.98 Å². The van der Waals surface area contributed by atoms with E-state index < -0.39 is 0 Å². The van der Waals surface area contributed by atoms with Gasteiger partial charge in [0, 0.05) is 28.2 Å². The third-order valence-electron chi connectivity index (χ3n) is 4.07. The number of hydrogen-bond donors (Lipinski definition) is 2. The fraction of sp³-hybridized carbons (Fsp3) is 0.0952. The molecule has 0 spiro atoms. The molecule has 136 valence electrons. The number of amides is 1. The molecule has 1 aromatic heterocycles. The maximum Gasteiger partial charge on any atom is 0.257 e. The Balaban J connectivity index is 1.79. The summed E-state index contributed by atoms with van der Waals surface area (Å²) < 4.78 is 0. The van der Waals surface area contributed by atoms with E-state index in [-0.39, 0.29) is 11.7 Å². The zero-order valence-corrected chi connectivity index (χ0v) is 15.7. The molecule has 6 heteroatoms. The van der Waals surface area contributed by atoms with Gasteiger partial charge >= 0.3 is 0 Å². The van der Waals surface area contributed by atoms with E-state index in [2.05, 4.69) is 15.6 Å². The van der Waals surface area contributed by atoms with E-state index in [4.69, 9.17) is 11.6 Å². The Kier molecular flexibility index (Phi) is 5.52. The average Bonchev–Trinajstić information content (AvgIpc) is 2.66. The molecule has 0 saturated carbocycles. The van der Waals surface area contributed by atoms with Gasteiger partial charge in [-0.3, -0.25) is 14.6 Å². The number of halogens is 1. The molecule has 3 rings (SSSR count). The summed E-state index contributed by atoms with van der Waals surface area (Å²) in [6, 6.07) is 14.2. The van der Waals surface area contributed by atoms with E-state index in [0.29, 0.717) is 27.5 Å². The van der Waals surface area contributed by atoms with Gasteiger partial charge in [-0.2, -0.15) is 0 Å². The van der Waals surface area contributed by atoms with Crippen LogP contribution < -0.4 is 10.6 Å². The van der Waals surface area contributed by atoms with Gasteiger partial charge in [-0.1, -0.05) is 29.8 Å². The SMILES string of the molecule is CC(=O)c1cccc(Nc2cncc(C(=O)Nc3cccc(Cl)c3C)c2)c1. The van der Waals surface area contributed by atoms with Crippen LogP contribution in [0.1, 0.15) is 33.2 Å². The summed E-state index contributed by atoms with van der Waals surface area (Å²) in [6.07, 6.45) is 3.11. The van der Waals surface area contributed by atoms with E-state index in [1.807, 2.05) is 13.0 Å². The molecule has 3 aromatic rings. The molecule has 0 radical (unpaired) electrons. The van der Waals surface area contributed by atoms with Crippen molar-refractivity contribution >= 4 is 40.4 Å². The zero-order valence-electron chi connectivity index (χ0n) is 14.9. The molecular weight excluding hydrogens is 362 g/mol. The predicted molar refractivity (Wildman–Crippen MR) is 108 cm³/mol. The van der Waals surface area contributed by atoms with Gasteiger partial charge in [0.25, 0.3) is 5.91 Å². The summed E-state index contributed by atoms with van der Waals surface area (Å²) >= 11 is 6.10. The Labute approximate surface area is 162 Å². The van der Waals surface area contributed by atoms with Crippen molar-refractivity contribution in [2.24, 2.45) is 0 Å². The number of rotatable bonds is 5. The Morgan fingerprint density at radius 2 is 1.70 bits per heavy atom. The van der Waals surface area contributed by atoms with Crippen LogP contribution in [0.2, 0.25) is 5.02 Å². The van der Waals surface area contributed by atoms with Crippen molar-refractivity contribution in [2.75, 3.05) is 10.6 Å². The summed E-state index contributed by atoms with van der Waals surface area (Å²) in [5.41, 5.74) is 3.86. The number of anilines is 3. The number of carbonyl (C=O) groups is 2. The lowest BCUT2D eigenvalue weighted by Gasteiger charge is -2.11. The number of Topliss-reactive ketones (excluding diaryl/α,β-unsaturated/α-hetero) is 1. The predicted octanol–water partition coefficient (Wildman–Crippen LogP) is 5.24. The smallest absolute Gasteiger partial charge is 0.257 e. The molecule has 0 saturated heterocycles. The van der Waals surface area contributed by atoms with Crippen LogP contribution in [0.5, 0.6) is 0 Å². The van der Waals surface area contributed by atoms with Crippen molar-refractivity contribution in [3.63, 3.8) is 0 Å². The highest BCUT2D eigenvalue weighted by Crippen LogP contribution is 2.24. The Bertz CT molecular complexity index is 1020. The number of aromatic nitrogens is 1. The van der Waals surface area contributed by atoms with Gasteiger partial charge < -0.3 is 10.6 Å². The minimum Gasteiger partial charge on any atom is -0.354 e. The fourth-order valence-corrected chi connectivity index (χ4v) is 2.73. The van der Waals surface area contributed by atoms with Crippen LogP contribution >= 0.6 is 11.6 Å². The third-order valence-corrected chi connectivity index (χ3v) is 4.48. The molecule has 0 aliphatic rings.